The van der Waals surface area contributed by atoms with E-state index in [1.54, 1.807) is 6.20 Å². The van der Waals surface area contributed by atoms with Gasteiger partial charge >= 0.3 is 0 Å². The second-order valence-electron chi connectivity index (χ2n) is 5.54. The summed E-state index contributed by atoms with van der Waals surface area (Å²) < 4.78 is 5.76. The predicted molar refractivity (Wildman–Crippen MR) is 106 cm³/mol. The molecule has 0 saturated heterocycles. The lowest BCUT2D eigenvalue weighted by molar-refractivity contribution is 0.315. The van der Waals surface area contributed by atoms with Crippen molar-refractivity contribution in [3.8, 4) is 5.75 Å². The van der Waals surface area contributed by atoms with Crippen molar-refractivity contribution in [2.75, 3.05) is 17.8 Å². The number of anilines is 1. The third kappa shape index (κ3) is 4.97. The van der Waals surface area contributed by atoms with Crippen molar-refractivity contribution in [2.45, 2.75) is 19.9 Å². The second kappa shape index (κ2) is 9.44. The SMILES string of the molecule is Cc1c(OCCCCl)ccnc1CNc1cnc2ccccc2c1.Cl. The number of rotatable bonds is 7. The van der Waals surface area contributed by atoms with Crippen LogP contribution in [-0.2, 0) is 6.54 Å². The normalized spacial score (nSPS) is 10.3. The van der Waals surface area contributed by atoms with E-state index in [1.165, 1.54) is 0 Å². The minimum absolute atomic E-state index is 0. The van der Waals surface area contributed by atoms with Gasteiger partial charge in [0.05, 0.1) is 36.2 Å². The third-order valence-corrected chi connectivity index (χ3v) is 4.11. The summed E-state index contributed by atoms with van der Waals surface area (Å²) in [5.74, 6) is 1.47. The Morgan fingerprint density at radius 1 is 1.16 bits per heavy atom. The van der Waals surface area contributed by atoms with Gasteiger partial charge in [-0.15, -0.1) is 24.0 Å². The van der Waals surface area contributed by atoms with Gasteiger partial charge < -0.3 is 10.1 Å². The van der Waals surface area contributed by atoms with E-state index in [0.717, 1.165) is 40.0 Å². The second-order valence-corrected chi connectivity index (χ2v) is 5.92. The summed E-state index contributed by atoms with van der Waals surface area (Å²) in [4.78, 5) is 8.92. The van der Waals surface area contributed by atoms with Gasteiger partial charge in [0.15, 0.2) is 0 Å². The number of pyridine rings is 2. The van der Waals surface area contributed by atoms with Crippen LogP contribution in [-0.4, -0.2) is 22.5 Å². The van der Waals surface area contributed by atoms with Crippen LogP contribution in [0, 0.1) is 6.92 Å². The zero-order chi connectivity index (χ0) is 16.8. The molecule has 0 aliphatic rings. The van der Waals surface area contributed by atoms with Gasteiger partial charge in [0.1, 0.15) is 5.75 Å². The lowest BCUT2D eigenvalue weighted by Gasteiger charge is -2.13. The third-order valence-electron chi connectivity index (χ3n) is 3.84. The number of halogens is 2. The summed E-state index contributed by atoms with van der Waals surface area (Å²) in [6.45, 7) is 3.27. The topological polar surface area (TPSA) is 47.0 Å². The van der Waals surface area contributed by atoms with Gasteiger partial charge in [-0.25, -0.2) is 0 Å². The maximum atomic E-state index is 5.76. The maximum Gasteiger partial charge on any atom is 0.125 e. The molecule has 25 heavy (non-hydrogen) atoms. The Morgan fingerprint density at radius 2 is 2.00 bits per heavy atom. The quantitative estimate of drug-likeness (QED) is 0.465. The Balaban J connectivity index is 0.00000225. The van der Waals surface area contributed by atoms with Crippen LogP contribution in [0.25, 0.3) is 10.9 Å². The Morgan fingerprint density at radius 3 is 2.84 bits per heavy atom. The first-order valence-corrected chi connectivity index (χ1v) is 8.53. The Labute approximate surface area is 159 Å². The lowest BCUT2D eigenvalue weighted by atomic mass is 10.2. The highest BCUT2D eigenvalue weighted by molar-refractivity contribution is 6.17. The van der Waals surface area contributed by atoms with E-state index < -0.39 is 0 Å². The van der Waals surface area contributed by atoms with Crippen molar-refractivity contribution in [3.05, 3.63) is 60.0 Å². The summed E-state index contributed by atoms with van der Waals surface area (Å²) in [6.07, 6.45) is 4.46. The van der Waals surface area contributed by atoms with Crippen molar-refractivity contribution >= 4 is 40.6 Å². The number of para-hydroxylation sites is 1. The van der Waals surface area contributed by atoms with E-state index in [0.29, 0.717) is 19.0 Å². The minimum atomic E-state index is 0. The van der Waals surface area contributed by atoms with E-state index in [4.69, 9.17) is 16.3 Å². The molecule has 0 spiro atoms. The molecule has 0 bridgehead atoms. The van der Waals surface area contributed by atoms with Crippen molar-refractivity contribution in [3.63, 3.8) is 0 Å². The molecule has 6 heteroatoms. The van der Waals surface area contributed by atoms with E-state index in [1.807, 2.05) is 37.4 Å². The van der Waals surface area contributed by atoms with Gasteiger partial charge in [-0.1, -0.05) is 18.2 Å². The number of aromatic nitrogens is 2. The van der Waals surface area contributed by atoms with Crippen LogP contribution in [0.5, 0.6) is 5.75 Å². The van der Waals surface area contributed by atoms with Crippen molar-refractivity contribution in [2.24, 2.45) is 0 Å². The number of benzene rings is 1. The Kier molecular flexibility index (Phi) is 7.29. The molecular weight excluding hydrogens is 357 g/mol. The van der Waals surface area contributed by atoms with E-state index in [9.17, 15) is 0 Å². The molecule has 0 atom stereocenters. The minimum Gasteiger partial charge on any atom is -0.493 e. The Bertz CT molecular complexity index is 827. The number of alkyl halides is 1. The van der Waals surface area contributed by atoms with E-state index in [2.05, 4.69) is 27.4 Å². The molecular formula is C19H21Cl2N3O. The highest BCUT2D eigenvalue weighted by atomic mass is 35.5. The molecule has 0 saturated carbocycles. The van der Waals surface area contributed by atoms with Crippen LogP contribution in [0.4, 0.5) is 5.69 Å². The summed E-state index contributed by atoms with van der Waals surface area (Å²) in [5.41, 5.74) is 3.98. The van der Waals surface area contributed by atoms with Gasteiger partial charge in [0.25, 0.3) is 0 Å². The summed E-state index contributed by atoms with van der Waals surface area (Å²) in [7, 11) is 0. The van der Waals surface area contributed by atoms with Gasteiger partial charge in [-0.05, 0) is 31.5 Å². The molecule has 0 radical (unpaired) electrons. The van der Waals surface area contributed by atoms with Crippen LogP contribution >= 0.6 is 24.0 Å². The van der Waals surface area contributed by atoms with Crippen molar-refractivity contribution in [1.82, 2.24) is 9.97 Å². The number of nitrogens with one attached hydrogen (secondary N) is 1. The number of hydrogen-bond acceptors (Lipinski definition) is 4. The fraction of sp³-hybridized carbons (Fsp3) is 0.263. The van der Waals surface area contributed by atoms with Crippen LogP contribution < -0.4 is 10.1 Å². The summed E-state index contributed by atoms with van der Waals surface area (Å²) in [6, 6.07) is 12.1. The lowest BCUT2D eigenvalue weighted by Crippen LogP contribution is -2.06. The van der Waals surface area contributed by atoms with Crippen LogP contribution in [0.3, 0.4) is 0 Å². The highest BCUT2D eigenvalue weighted by Crippen LogP contribution is 2.21. The zero-order valence-corrected chi connectivity index (χ0v) is 15.6. The number of fused-ring (bicyclic) bond motifs is 1. The first-order chi connectivity index (χ1) is 11.8. The number of hydrogen-bond donors (Lipinski definition) is 1. The zero-order valence-electron chi connectivity index (χ0n) is 14.0. The molecule has 0 fully saturated rings. The first-order valence-electron chi connectivity index (χ1n) is 8.00. The molecule has 0 aliphatic heterocycles. The van der Waals surface area contributed by atoms with E-state index in [-0.39, 0.29) is 12.4 Å². The molecule has 1 N–H and O–H groups in total. The van der Waals surface area contributed by atoms with Crippen LogP contribution in [0.1, 0.15) is 17.7 Å². The average Bonchev–Trinajstić information content (AvgIpc) is 2.62. The predicted octanol–water partition coefficient (Wildman–Crippen LogP) is 4.98. The molecule has 132 valence electrons. The average molecular weight is 378 g/mol. The molecule has 4 nitrogen and oxygen atoms in total. The monoisotopic (exact) mass is 377 g/mol. The van der Waals surface area contributed by atoms with Crippen molar-refractivity contribution in [1.29, 1.82) is 0 Å². The molecule has 2 heterocycles. The fourth-order valence-corrected chi connectivity index (χ4v) is 2.59. The number of ether oxygens (including phenoxy) is 1. The maximum absolute atomic E-state index is 5.76. The van der Waals surface area contributed by atoms with E-state index >= 15 is 0 Å². The molecule has 0 aliphatic carbocycles. The summed E-state index contributed by atoms with van der Waals surface area (Å²) in [5, 5.41) is 4.50. The van der Waals surface area contributed by atoms with Gasteiger partial charge in [-0.2, -0.15) is 0 Å². The Hall–Kier alpha value is -2.04. The van der Waals surface area contributed by atoms with Gasteiger partial charge in [0, 0.05) is 23.0 Å². The molecule has 0 amide bonds. The molecule has 0 unspecified atom stereocenters. The first kappa shape index (κ1) is 19.3. The van der Waals surface area contributed by atoms with Gasteiger partial charge in [0.2, 0.25) is 0 Å². The standard InChI is InChI=1S/C19H20ClN3O.ClH/c1-14-18(21-9-7-19(14)24-10-4-8-20)13-22-16-11-15-5-2-3-6-17(15)23-12-16;/h2-3,5-7,9,11-12,22H,4,8,10,13H2,1H3;1H. The fourth-order valence-electron chi connectivity index (χ4n) is 2.48. The van der Waals surface area contributed by atoms with Crippen LogP contribution in [0.15, 0.2) is 48.8 Å². The van der Waals surface area contributed by atoms with Crippen molar-refractivity contribution < 1.29 is 4.74 Å². The molecule has 2 aromatic heterocycles. The highest BCUT2D eigenvalue weighted by Gasteiger charge is 2.07. The van der Waals surface area contributed by atoms with Crippen LogP contribution in [0.2, 0.25) is 0 Å². The summed E-state index contributed by atoms with van der Waals surface area (Å²) >= 11 is 5.69. The largest absolute Gasteiger partial charge is 0.493 e. The molecule has 3 aromatic rings. The molecule has 1 aromatic carbocycles. The van der Waals surface area contributed by atoms with Gasteiger partial charge in [-0.3, -0.25) is 9.97 Å². The molecule has 3 rings (SSSR count). The number of nitrogens with zero attached hydrogens (tertiary/aromatic N) is 2. The smallest absolute Gasteiger partial charge is 0.125 e.